The van der Waals surface area contributed by atoms with Crippen LogP contribution in [0.5, 0.6) is 5.75 Å². The van der Waals surface area contributed by atoms with Gasteiger partial charge in [-0.25, -0.2) is 0 Å². The van der Waals surface area contributed by atoms with Gasteiger partial charge in [0.1, 0.15) is 5.75 Å². The molecule has 0 aliphatic rings. The zero-order chi connectivity index (χ0) is 10.1. The van der Waals surface area contributed by atoms with Crippen molar-refractivity contribution >= 4 is 0 Å². The smallest absolute Gasteiger partial charge is 0.115 e. The highest BCUT2D eigenvalue weighted by Crippen LogP contribution is 2.18. The summed E-state index contributed by atoms with van der Waals surface area (Å²) in [6.07, 6.45) is 0. The van der Waals surface area contributed by atoms with E-state index in [1.54, 1.807) is 12.1 Å². The Morgan fingerprint density at radius 3 is 1.86 bits per heavy atom. The monoisotopic (exact) mass is 187 g/mol. The molecule has 0 unspecified atom stereocenters. The van der Waals surface area contributed by atoms with Crippen LogP contribution in [0.15, 0.2) is 36.4 Å². The Balaban J connectivity index is 2.54. The van der Waals surface area contributed by atoms with Gasteiger partial charge in [-0.15, -0.1) is 0 Å². The molecular weight excluding hydrogens is 174 g/mol. The Bertz CT molecular complexity index is 420. The van der Waals surface area contributed by atoms with Crippen molar-refractivity contribution in [2.75, 3.05) is 0 Å². The quantitative estimate of drug-likeness (QED) is 0.729. The van der Waals surface area contributed by atoms with Crippen LogP contribution < -0.4 is 0 Å². The van der Waals surface area contributed by atoms with Crippen LogP contribution in [0.1, 0.15) is 11.4 Å². The lowest BCUT2D eigenvalue weighted by atomic mass is 10.3. The van der Waals surface area contributed by atoms with E-state index < -0.39 is 0 Å². The Labute approximate surface area is 83.4 Å². The van der Waals surface area contributed by atoms with Crippen molar-refractivity contribution in [3.05, 3.63) is 47.8 Å². The molecule has 0 saturated carbocycles. The highest BCUT2D eigenvalue weighted by Gasteiger charge is 2.02. The number of phenolic OH excluding ortho intramolecular Hbond substituents is 1. The Hall–Kier alpha value is -1.70. The van der Waals surface area contributed by atoms with Crippen molar-refractivity contribution in [2.45, 2.75) is 13.8 Å². The summed E-state index contributed by atoms with van der Waals surface area (Å²) in [5.74, 6) is 0.302. The highest BCUT2D eigenvalue weighted by atomic mass is 16.3. The van der Waals surface area contributed by atoms with Crippen LogP contribution in [0.25, 0.3) is 5.69 Å². The minimum absolute atomic E-state index is 0.302. The van der Waals surface area contributed by atoms with E-state index in [9.17, 15) is 5.11 Å². The second-order valence-electron chi connectivity index (χ2n) is 3.47. The minimum Gasteiger partial charge on any atom is -0.508 e. The molecule has 2 rings (SSSR count). The first-order valence-corrected chi connectivity index (χ1v) is 4.63. The number of phenols is 1. The summed E-state index contributed by atoms with van der Waals surface area (Å²) in [6.45, 7) is 4.14. The highest BCUT2D eigenvalue weighted by molar-refractivity contribution is 5.40. The molecule has 0 fully saturated rings. The van der Waals surface area contributed by atoms with E-state index in [1.165, 1.54) is 11.4 Å². The summed E-state index contributed by atoms with van der Waals surface area (Å²) in [5.41, 5.74) is 3.49. The lowest BCUT2D eigenvalue weighted by molar-refractivity contribution is 0.475. The molecule has 0 bridgehead atoms. The van der Waals surface area contributed by atoms with E-state index >= 15 is 0 Å². The van der Waals surface area contributed by atoms with Gasteiger partial charge in [0.15, 0.2) is 0 Å². The third kappa shape index (κ3) is 1.39. The van der Waals surface area contributed by atoms with Crippen molar-refractivity contribution in [2.24, 2.45) is 0 Å². The Morgan fingerprint density at radius 2 is 1.36 bits per heavy atom. The molecule has 2 heteroatoms. The molecule has 1 aromatic carbocycles. The van der Waals surface area contributed by atoms with Gasteiger partial charge in [0, 0.05) is 17.1 Å². The first-order valence-electron chi connectivity index (χ1n) is 4.63. The van der Waals surface area contributed by atoms with Crippen LogP contribution in [0, 0.1) is 13.8 Å². The van der Waals surface area contributed by atoms with E-state index in [2.05, 4.69) is 30.5 Å². The number of rotatable bonds is 1. The fourth-order valence-electron chi connectivity index (χ4n) is 1.68. The average molecular weight is 187 g/mol. The van der Waals surface area contributed by atoms with Crippen LogP contribution in [0.4, 0.5) is 0 Å². The third-order valence-electron chi connectivity index (χ3n) is 2.38. The molecule has 2 aromatic rings. The number of aromatic hydroxyl groups is 1. The van der Waals surface area contributed by atoms with Crippen molar-refractivity contribution in [3.63, 3.8) is 0 Å². The van der Waals surface area contributed by atoms with Crippen LogP contribution in [-0.4, -0.2) is 9.67 Å². The molecule has 0 atom stereocenters. The zero-order valence-corrected chi connectivity index (χ0v) is 8.36. The second-order valence-corrected chi connectivity index (χ2v) is 3.47. The van der Waals surface area contributed by atoms with Crippen LogP contribution in [0.2, 0.25) is 0 Å². The molecule has 0 aliphatic heterocycles. The van der Waals surface area contributed by atoms with Gasteiger partial charge >= 0.3 is 0 Å². The van der Waals surface area contributed by atoms with Gasteiger partial charge in [0.2, 0.25) is 0 Å². The summed E-state index contributed by atoms with van der Waals surface area (Å²) >= 11 is 0. The van der Waals surface area contributed by atoms with Crippen molar-refractivity contribution in [1.82, 2.24) is 4.57 Å². The number of hydrogen-bond donors (Lipinski definition) is 1. The number of hydrogen-bond acceptors (Lipinski definition) is 1. The molecule has 1 N–H and O–H groups in total. The van der Waals surface area contributed by atoms with E-state index in [0.29, 0.717) is 5.75 Å². The first kappa shape index (κ1) is 8.88. The summed E-state index contributed by atoms with van der Waals surface area (Å²) in [5, 5.41) is 9.18. The summed E-state index contributed by atoms with van der Waals surface area (Å²) in [6, 6.07) is 11.4. The lowest BCUT2D eigenvalue weighted by Gasteiger charge is -2.08. The summed E-state index contributed by atoms with van der Waals surface area (Å²) in [4.78, 5) is 0. The van der Waals surface area contributed by atoms with Gasteiger partial charge in [-0.3, -0.25) is 0 Å². The second kappa shape index (κ2) is 3.22. The van der Waals surface area contributed by atoms with Crippen molar-refractivity contribution in [1.29, 1.82) is 0 Å². The average Bonchev–Trinajstić information content (AvgIpc) is 2.49. The standard InChI is InChI=1S/C12H13NO/c1-9-3-4-10(2)13(9)11-5-7-12(14)8-6-11/h3-8,14H,1-2H3. The van der Waals surface area contributed by atoms with Crippen LogP contribution in [-0.2, 0) is 0 Å². The molecule has 1 aromatic heterocycles. The van der Waals surface area contributed by atoms with Gasteiger partial charge < -0.3 is 9.67 Å². The number of nitrogens with zero attached hydrogens (tertiary/aromatic N) is 1. The first-order chi connectivity index (χ1) is 6.68. The van der Waals surface area contributed by atoms with E-state index in [0.717, 1.165) is 5.69 Å². The molecule has 0 saturated heterocycles. The number of aromatic nitrogens is 1. The maximum absolute atomic E-state index is 9.18. The van der Waals surface area contributed by atoms with E-state index in [4.69, 9.17) is 0 Å². The van der Waals surface area contributed by atoms with E-state index in [1.807, 2.05) is 12.1 Å². The van der Waals surface area contributed by atoms with Crippen molar-refractivity contribution < 1.29 is 5.11 Å². The topological polar surface area (TPSA) is 25.2 Å². The van der Waals surface area contributed by atoms with Gasteiger partial charge in [-0.1, -0.05) is 0 Å². The summed E-state index contributed by atoms with van der Waals surface area (Å²) in [7, 11) is 0. The molecule has 0 amide bonds. The molecule has 14 heavy (non-hydrogen) atoms. The molecule has 0 aliphatic carbocycles. The SMILES string of the molecule is Cc1ccc(C)n1-c1ccc(O)cc1. The van der Waals surface area contributed by atoms with Crippen LogP contribution in [0.3, 0.4) is 0 Å². The maximum atomic E-state index is 9.18. The lowest BCUT2D eigenvalue weighted by Crippen LogP contribution is -1.97. The van der Waals surface area contributed by atoms with Gasteiger partial charge in [-0.2, -0.15) is 0 Å². The minimum atomic E-state index is 0.302. The normalized spacial score (nSPS) is 10.4. The van der Waals surface area contributed by atoms with Crippen molar-refractivity contribution in [3.8, 4) is 11.4 Å². The maximum Gasteiger partial charge on any atom is 0.115 e. The molecule has 72 valence electrons. The zero-order valence-electron chi connectivity index (χ0n) is 8.36. The predicted octanol–water partition coefficient (Wildman–Crippen LogP) is 2.80. The molecular formula is C12H13NO. The third-order valence-corrected chi connectivity index (χ3v) is 2.38. The molecule has 1 heterocycles. The van der Waals surface area contributed by atoms with Crippen LogP contribution >= 0.6 is 0 Å². The fourth-order valence-corrected chi connectivity index (χ4v) is 1.68. The number of benzene rings is 1. The number of aryl methyl sites for hydroxylation is 2. The fraction of sp³-hybridized carbons (Fsp3) is 0.167. The largest absolute Gasteiger partial charge is 0.508 e. The van der Waals surface area contributed by atoms with Gasteiger partial charge in [0.05, 0.1) is 0 Å². The predicted molar refractivity (Wildman–Crippen MR) is 56.9 cm³/mol. The summed E-state index contributed by atoms with van der Waals surface area (Å²) < 4.78 is 2.15. The van der Waals surface area contributed by atoms with Gasteiger partial charge in [0.25, 0.3) is 0 Å². The molecule has 2 nitrogen and oxygen atoms in total. The van der Waals surface area contributed by atoms with E-state index in [-0.39, 0.29) is 0 Å². The molecule has 0 radical (unpaired) electrons. The van der Waals surface area contributed by atoms with Gasteiger partial charge in [-0.05, 0) is 50.2 Å². The Kier molecular flexibility index (Phi) is 2.04. The Morgan fingerprint density at radius 1 is 0.857 bits per heavy atom. The molecule has 0 spiro atoms.